The predicted octanol–water partition coefficient (Wildman–Crippen LogP) is 4.98. The van der Waals surface area contributed by atoms with Gasteiger partial charge in [-0.1, -0.05) is 42.0 Å². The Kier molecular flexibility index (Phi) is 6.88. The van der Waals surface area contributed by atoms with Gasteiger partial charge in [-0.25, -0.2) is 0 Å². The molecular weight excluding hydrogens is 348 g/mol. The molecule has 1 N–H and O–H groups in total. The molecule has 0 bridgehead atoms. The average Bonchev–Trinajstić information content (AvgIpc) is 2.73. The number of hydrogen-bond acceptors (Lipinski definition) is 3. The molecule has 2 aromatic rings. The smallest absolute Gasteiger partial charge is 0.228 e. The molecule has 4 nitrogen and oxygen atoms in total. The lowest BCUT2D eigenvalue weighted by molar-refractivity contribution is -0.121. The Morgan fingerprint density at radius 1 is 1.18 bits per heavy atom. The molecule has 0 aliphatic carbocycles. The first-order valence-electron chi connectivity index (χ1n) is 9.97. The molecule has 0 spiro atoms. The summed E-state index contributed by atoms with van der Waals surface area (Å²) in [7, 11) is 1.66. The summed E-state index contributed by atoms with van der Waals surface area (Å²) in [6.07, 6.45) is 4.25. The van der Waals surface area contributed by atoms with Crippen molar-refractivity contribution >= 4 is 11.6 Å². The lowest BCUT2D eigenvalue weighted by Gasteiger charge is -2.31. The maximum Gasteiger partial charge on any atom is 0.228 e. The third kappa shape index (κ3) is 5.23. The number of likely N-dealkylation sites (tertiary alicyclic amines) is 1. The van der Waals surface area contributed by atoms with E-state index in [1.807, 2.05) is 48.5 Å². The van der Waals surface area contributed by atoms with Crippen LogP contribution in [0.3, 0.4) is 0 Å². The van der Waals surface area contributed by atoms with Crippen molar-refractivity contribution < 1.29 is 9.53 Å². The SMILES string of the molecule is COc1ccc(-c2ccccc2NC(=O)C2CCCN(CC=C(C)C)C2)cc1. The molecule has 148 valence electrons. The third-order valence-electron chi connectivity index (χ3n) is 5.22. The van der Waals surface area contributed by atoms with Crippen molar-refractivity contribution in [1.82, 2.24) is 4.90 Å². The van der Waals surface area contributed by atoms with Gasteiger partial charge < -0.3 is 10.1 Å². The van der Waals surface area contributed by atoms with Gasteiger partial charge in [-0.05, 0) is 57.0 Å². The van der Waals surface area contributed by atoms with Crippen LogP contribution in [0.1, 0.15) is 26.7 Å². The molecule has 0 saturated carbocycles. The van der Waals surface area contributed by atoms with E-state index in [1.165, 1.54) is 5.57 Å². The van der Waals surface area contributed by atoms with E-state index in [0.717, 1.165) is 55.0 Å². The number of piperidine rings is 1. The van der Waals surface area contributed by atoms with Crippen LogP contribution in [0.25, 0.3) is 11.1 Å². The fourth-order valence-corrected chi connectivity index (χ4v) is 3.60. The fraction of sp³-hybridized carbons (Fsp3) is 0.375. The number of hydrogen-bond donors (Lipinski definition) is 1. The van der Waals surface area contributed by atoms with Crippen LogP contribution in [0.5, 0.6) is 5.75 Å². The summed E-state index contributed by atoms with van der Waals surface area (Å²) in [5, 5.41) is 3.18. The summed E-state index contributed by atoms with van der Waals surface area (Å²) in [5.74, 6) is 0.968. The number of para-hydroxylation sites is 1. The van der Waals surface area contributed by atoms with E-state index in [0.29, 0.717) is 0 Å². The van der Waals surface area contributed by atoms with Crippen LogP contribution in [0.4, 0.5) is 5.69 Å². The summed E-state index contributed by atoms with van der Waals surface area (Å²) >= 11 is 0. The maximum atomic E-state index is 13.0. The van der Waals surface area contributed by atoms with Crippen molar-refractivity contribution in [2.45, 2.75) is 26.7 Å². The monoisotopic (exact) mass is 378 g/mol. The maximum absolute atomic E-state index is 13.0. The van der Waals surface area contributed by atoms with Crippen molar-refractivity contribution in [3.8, 4) is 16.9 Å². The average molecular weight is 379 g/mol. The van der Waals surface area contributed by atoms with Crippen LogP contribution in [0, 0.1) is 5.92 Å². The zero-order valence-electron chi connectivity index (χ0n) is 17.1. The van der Waals surface area contributed by atoms with Crippen LogP contribution in [0.2, 0.25) is 0 Å². The third-order valence-corrected chi connectivity index (χ3v) is 5.22. The Bertz CT molecular complexity index is 823. The lowest BCUT2D eigenvalue weighted by Crippen LogP contribution is -2.40. The molecule has 1 unspecified atom stereocenters. The van der Waals surface area contributed by atoms with Crippen LogP contribution in [0.15, 0.2) is 60.2 Å². The molecule has 28 heavy (non-hydrogen) atoms. The molecule has 1 atom stereocenters. The zero-order chi connectivity index (χ0) is 19.9. The standard InChI is InChI=1S/C24H30N2O2/c1-18(2)14-16-26-15-6-7-20(17-26)24(27)25-23-9-5-4-8-22(23)19-10-12-21(28-3)13-11-19/h4-5,8-14,20H,6-7,15-17H2,1-3H3,(H,25,27). The first-order valence-corrected chi connectivity index (χ1v) is 9.97. The van der Waals surface area contributed by atoms with E-state index < -0.39 is 0 Å². The van der Waals surface area contributed by atoms with E-state index in [4.69, 9.17) is 4.74 Å². The summed E-state index contributed by atoms with van der Waals surface area (Å²) in [6, 6.07) is 15.9. The van der Waals surface area contributed by atoms with Crippen LogP contribution in [-0.2, 0) is 4.79 Å². The van der Waals surface area contributed by atoms with Crippen molar-refractivity contribution in [3.05, 3.63) is 60.2 Å². The molecule has 4 heteroatoms. The highest BCUT2D eigenvalue weighted by molar-refractivity contribution is 5.97. The van der Waals surface area contributed by atoms with Crippen LogP contribution >= 0.6 is 0 Å². The Balaban J connectivity index is 1.71. The second-order valence-electron chi connectivity index (χ2n) is 7.64. The van der Waals surface area contributed by atoms with E-state index in [2.05, 4.69) is 30.1 Å². The normalized spacial score (nSPS) is 17.0. The van der Waals surface area contributed by atoms with Gasteiger partial charge in [0.05, 0.1) is 13.0 Å². The summed E-state index contributed by atoms with van der Waals surface area (Å²) in [5.41, 5.74) is 4.26. The van der Waals surface area contributed by atoms with Gasteiger partial charge in [0, 0.05) is 24.3 Å². The van der Waals surface area contributed by atoms with E-state index >= 15 is 0 Å². The number of allylic oxidation sites excluding steroid dienone is 1. The van der Waals surface area contributed by atoms with Gasteiger partial charge >= 0.3 is 0 Å². The predicted molar refractivity (Wildman–Crippen MR) is 116 cm³/mol. The van der Waals surface area contributed by atoms with Gasteiger partial charge in [-0.2, -0.15) is 0 Å². The minimum absolute atomic E-state index is 0.0308. The van der Waals surface area contributed by atoms with Gasteiger partial charge in [0.2, 0.25) is 5.91 Å². The highest BCUT2D eigenvalue weighted by atomic mass is 16.5. The van der Waals surface area contributed by atoms with Crippen molar-refractivity contribution in [3.63, 3.8) is 0 Å². The van der Waals surface area contributed by atoms with Crippen LogP contribution < -0.4 is 10.1 Å². The number of nitrogens with zero attached hydrogens (tertiary/aromatic N) is 1. The molecule has 1 aliphatic rings. The summed E-state index contributed by atoms with van der Waals surface area (Å²) in [4.78, 5) is 15.3. The molecule has 2 aromatic carbocycles. The van der Waals surface area contributed by atoms with Gasteiger partial charge in [0.15, 0.2) is 0 Å². The van der Waals surface area contributed by atoms with Gasteiger partial charge in [0.25, 0.3) is 0 Å². The Labute approximate surface area is 168 Å². The molecule has 0 aromatic heterocycles. The van der Waals surface area contributed by atoms with Gasteiger partial charge in [0.1, 0.15) is 5.75 Å². The minimum atomic E-state index is 0.0308. The number of anilines is 1. The largest absolute Gasteiger partial charge is 0.497 e. The Morgan fingerprint density at radius 3 is 2.64 bits per heavy atom. The molecular formula is C24H30N2O2. The molecule has 1 heterocycles. The highest BCUT2D eigenvalue weighted by Crippen LogP contribution is 2.30. The number of amides is 1. The number of benzene rings is 2. The molecule has 3 rings (SSSR count). The first-order chi connectivity index (χ1) is 13.6. The number of carbonyl (C=O) groups is 1. The molecule has 0 radical (unpaired) electrons. The minimum Gasteiger partial charge on any atom is -0.497 e. The summed E-state index contributed by atoms with van der Waals surface area (Å²) < 4.78 is 5.25. The van der Waals surface area contributed by atoms with Gasteiger partial charge in [-0.15, -0.1) is 0 Å². The molecule has 1 fully saturated rings. The molecule has 1 amide bonds. The first kappa shape index (κ1) is 20.2. The number of ether oxygens (including phenoxy) is 1. The van der Waals surface area contributed by atoms with E-state index in [1.54, 1.807) is 7.11 Å². The second-order valence-corrected chi connectivity index (χ2v) is 7.64. The number of methoxy groups -OCH3 is 1. The van der Waals surface area contributed by atoms with Crippen molar-refractivity contribution in [2.24, 2.45) is 5.92 Å². The fourth-order valence-electron chi connectivity index (χ4n) is 3.60. The molecule has 1 saturated heterocycles. The second kappa shape index (κ2) is 9.56. The topological polar surface area (TPSA) is 41.6 Å². The number of nitrogens with one attached hydrogen (secondary N) is 1. The highest BCUT2D eigenvalue weighted by Gasteiger charge is 2.25. The van der Waals surface area contributed by atoms with E-state index in [9.17, 15) is 4.79 Å². The number of rotatable bonds is 6. The van der Waals surface area contributed by atoms with Crippen molar-refractivity contribution in [1.29, 1.82) is 0 Å². The number of carbonyl (C=O) groups excluding carboxylic acids is 1. The molecule has 1 aliphatic heterocycles. The Hall–Kier alpha value is -2.59. The zero-order valence-corrected chi connectivity index (χ0v) is 17.1. The lowest BCUT2D eigenvalue weighted by atomic mass is 9.96. The van der Waals surface area contributed by atoms with Crippen LogP contribution in [-0.4, -0.2) is 37.6 Å². The quantitative estimate of drug-likeness (QED) is 0.721. The van der Waals surface area contributed by atoms with Gasteiger partial charge in [-0.3, -0.25) is 9.69 Å². The van der Waals surface area contributed by atoms with E-state index in [-0.39, 0.29) is 11.8 Å². The summed E-state index contributed by atoms with van der Waals surface area (Å²) in [6.45, 7) is 7.04. The Morgan fingerprint density at radius 2 is 1.93 bits per heavy atom. The van der Waals surface area contributed by atoms with Crippen molar-refractivity contribution in [2.75, 3.05) is 32.1 Å².